The lowest BCUT2D eigenvalue weighted by atomic mass is 10.0. The van der Waals surface area contributed by atoms with E-state index in [1.165, 1.54) is 36.4 Å². The summed E-state index contributed by atoms with van der Waals surface area (Å²) in [5.41, 5.74) is -0.123. The normalized spacial score (nSPS) is 13.0. The third-order valence-electron chi connectivity index (χ3n) is 12.1. The highest BCUT2D eigenvalue weighted by molar-refractivity contribution is 7.87. The van der Waals surface area contributed by atoms with E-state index in [0.29, 0.717) is 12.1 Å². The van der Waals surface area contributed by atoms with E-state index in [4.69, 9.17) is 5.73 Å². The molecule has 9 aromatic carbocycles. The van der Waals surface area contributed by atoms with Crippen LogP contribution in [0.2, 0.25) is 0 Å². The number of carboxylic acids is 2. The van der Waals surface area contributed by atoms with Crippen LogP contribution in [0.4, 0.5) is 51.2 Å². The standard InChI is InChI=1S/C48H31N9O22S5/c49-40-33(54-50-25-6-5-20-15-36(82(71,72)73)42(45(59)30(20)17-25)57-53-32-9-10-34(80(65,66)67)29-4-2-1-3-28(29)32)19-35(81(68,69)70)31-18-38(84(77,78)79)43(46(60)39(31)40)56-51-24-7-8-27-21(12-24)16-37(83(74,75)76)41(44(27)58)55-52-26-13-22(47(61)62)11-23(14-26)48(63)64/h1-19,58-60H,49H2,(H,61,62)(H,63,64)(H,65,66,67)(H,68,69,70)(H,71,72,73)(H,74,75,76)(H,77,78,79). The minimum atomic E-state index is -5.54. The number of nitrogens with two attached hydrogens (primary N) is 1. The number of aromatic hydroxyl groups is 3. The van der Waals surface area contributed by atoms with Crippen LogP contribution < -0.4 is 5.73 Å². The first kappa shape index (κ1) is 58.8. The smallest absolute Gasteiger partial charge is 0.335 e. The summed E-state index contributed by atoms with van der Waals surface area (Å²) in [6.45, 7) is 0. The van der Waals surface area contributed by atoms with Gasteiger partial charge < -0.3 is 31.3 Å². The van der Waals surface area contributed by atoms with Gasteiger partial charge in [0, 0.05) is 26.9 Å². The molecule has 0 fully saturated rings. The second kappa shape index (κ2) is 21.1. The van der Waals surface area contributed by atoms with Gasteiger partial charge >= 0.3 is 11.9 Å². The number of benzene rings is 9. The van der Waals surface area contributed by atoms with Crippen LogP contribution in [0.1, 0.15) is 20.7 Å². The number of aromatic carboxylic acids is 2. The van der Waals surface area contributed by atoms with E-state index in [1.807, 2.05) is 0 Å². The first-order valence-electron chi connectivity index (χ1n) is 22.5. The number of rotatable bonds is 15. The number of fused-ring (bicyclic) bond motifs is 4. The van der Waals surface area contributed by atoms with Crippen LogP contribution >= 0.6 is 0 Å². The highest BCUT2D eigenvalue weighted by Crippen LogP contribution is 2.50. The van der Waals surface area contributed by atoms with E-state index >= 15 is 0 Å². The molecule has 0 unspecified atom stereocenters. The minimum absolute atomic E-state index is 0.0121. The number of carbonyl (C=O) groups is 2. The fourth-order valence-corrected chi connectivity index (χ4v) is 11.8. The molecule has 0 aliphatic carbocycles. The van der Waals surface area contributed by atoms with Gasteiger partial charge in [0.25, 0.3) is 50.6 Å². The molecule has 12 N–H and O–H groups in total. The number of anilines is 1. The summed E-state index contributed by atoms with van der Waals surface area (Å²) in [6, 6.07) is 19.5. The van der Waals surface area contributed by atoms with E-state index in [-0.39, 0.29) is 49.4 Å². The zero-order valence-corrected chi connectivity index (χ0v) is 45.1. The molecule has 0 heterocycles. The van der Waals surface area contributed by atoms with Crippen LogP contribution in [0, 0.1) is 0 Å². The van der Waals surface area contributed by atoms with Gasteiger partial charge in [0.1, 0.15) is 47.2 Å². The second-order valence-corrected chi connectivity index (χ2v) is 24.4. The molecule has 0 aliphatic rings. The summed E-state index contributed by atoms with van der Waals surface area (Å²) in [7, 11) is -26.2. The molecule has 36 heteroatoms. The SMILES string of the molecule is Nc1c(N=Nc2ccc3cc(S(=O)(=O)O)c(N=Nc4ccc(S(=O)(=O)O)c5ccccc45)c(O)c3c2)cc(S(=O)(=O)O)c2cc(S(=O)(=O)O)c(N=Nc3ccc4c(O)c(N=Nc5cc(C(=O)O)cc(C(=O)O)c5)c(S(=O)(=O)O)cc4c3)c(O)c12. The van der Waals surface area contributed by atoms with Gasteiger partial charge in [0.15, 0.2) is 17.2 Å². The Morgan fingerprint density at radius 2 is 0.821 bits per heavy atom. The molecule has 0 aliphatic heterocycles. The largest absolute Gasteiger partial charge is 0.505 e. The molecule has 0 atom stereocenters. The molecule has 0 spiro atoms. The molecule has 0 aromatic heterocycles. The van der Waals surface area contributed by atoms with Gasteiger partial charge in [-0.05, 0) is 95.7 Å². The van der Waals surface area contributed by atoms with Crippen LogP contribution in [0.5, 0.6) is 17.2 Å². The Kier molecular flexibility index (Phi) is 14.8. The van der Waals surface area contributed by atoms with Crippen molar-refractivity contribution in [3.05, 3.63) is 126 Å². The molecule has 0 saturated heterocycles. The van der Waals surface area contributed by atoms with Gasteiger partial charge in [-0.1, -0.05) is 30.3 Å². The van der Waals surface area contributed by atoms with Crippen LogP contribution in [0.3, 0.4) is 0 Å². The number of hydrogen-bond donors (Lipinski definition) is 11. The maximum absolute atomic E-state index is 12.9. The lowest BCUT2D eigenvalue weighted by Crippen LogP contribution is -2.04. The van der Waals surface area contributed by atoms with E-state index in [2.05, 4.69) is 40.9 Å². The van der Waals surface area contributed by atoms with Crippen molar-refractivity contribution >= 4 is 157 Å². The molecule has 31 nitrogen and oxygen atoms in total. The fraction of sp³-hybridized carbons (Fsp3) is 0. The average Bonchev–Trinajstić information content (AvgIpc) is 1.04. The molecule has 0 saturated carbocycles. The third kappa shape index (κ3) is 11.5. The van der Waals surface area contributed by atoms with Gasteiger partial charge in [0.2, 0.25) is 0 Å². The van der Waals surface area contributed by atoms with Crippen LogP contribution in [-0.2, 0) is 50.6 Å². The maximum atomic E-state index is 12.9. The topological polar surface area (TPSA) is 532 Å². The van der Waals surface area contributed by atoms with Crippen molar-refractivity contribution in [3.63, 3.8) is 0 Å². The average molecular weight is 1250 g/mol. The number of carboxylic acid groups (broad SMARTS) is 2. The number of phenols is 3. The van der Waals surface area contributed by atoms with Gasteiger partial charge in [-0.25, -0.2) is 9.59 Å². The lowest BCUT2D eigenvalue weighted by Gasteiger charge is -2.14. The Balaban J connectivity index is 1.12. The lowest BCUT2D eigenvalue weighted by molar-refractivity contribution is 0.0696. The Bertz CT molecular complexity index is 5140. The zero-order chi connectivity index (χ0) is 61.3. The summed E-state index contributed by atoms with van der Waals surface area (Å²) in [4.78, 5) is 18.1. The first-order valence-corrected chi connectivity index (χ1v) is 29.7. The highest BCUT2D eigenvalue weighted by Gasteiger charge is 2.30. The zero-order valence-electron chi connectivity index (χ0n) is 41.0. The summed E-state index contributed by atoms with van der Waals surface area (Å²) in [5, 5.41) is 81.5. The van der Waals surface area contributed by atoms with Gasteiger partial charge in [-0.3, -0.25) is 22.8 Å². The molecule has 430 valence electrons. The number of nitrogens with zero attached hydrogens (tertiary/aromatic N) is 8. The number of phenolic OH excluding ortho intramolecular Hbond substituents is 3. The first-order chi connectivity index (χ1) is 39.1. The van der Waals surface area contributed by atoms with Gasteiger partial charge in [-0.15, -0.1) is 25.6 Å². The molecular weight excluding hydrogens is 1210 g/mol. The maximum Gasteiger partial charge on any atom is 0.335 e. The molecule has 9 aromatic rings. The van der Waals surface area contributed by atoms with Gasteiger partial charge in [0.05, 0.1) is 45.0 Å². The Hall–Kier alpha value is -9.89. The molecule has 0 amide bonds. The Labute approximate surface area is 469 Å². The predicted octanol–water partition coefficient (Wildman–Crippen LogP) is 10.3. The number of hydrogen-bond acceptors (Lipinski definition) is 24. The van der Waals surface area contributed by atoms with Crippen molar-refractivity contribution in [2.45, 2.75) is 24.5 Å². The quantitative estimate of drug-likeness (QED) is 0.0258. The van der Waals surface area contributed by atoms with E-state index in [9.17, 15) is 100.0 Å². The summed E-state index contributed by atoms with van der Waals surface area (Å²) >= 11 is 0. The third-order valence-corrected chi connectivity index (χ3v) is 16.5. The Morgan fingerprint density at radius 3 is 1.39 bits per heavy atom. The predicted molar refractivity (Wildman–Crippen MR) is 291 cm³/mol. The minimum Gasteiger partial charge on any atom is -0.505 e. The number of nitrogen functional groups attached to an aromatic ring is 1. The second-order valence-electron chi connectivity index (χ2n) is 17.4. The van der Waals surface area contributed by atoms with Crippen LogP contribution in [-0.4, -0.2) is 102 Å². The van der Waals surface area contributed by atoms with Crippen molar-refractivity contribution < 1.29 is 100.0 Å². The van der Waals surface area contributed by atoms with E-state index < -0.39 is 160 Å². The van der Waals surface area contributed by atoms with Crippen LogP contribution in [0.15, 0.2) is 181 Å². The van der Waals surface area contributed by atoms with Crippen molar-refractivity contribution in [3.8, 4) is 17.2 Å². The highest BCUT2D eigenvalue weighted by atomic mass is 32.2. The molecule has 9 rings (SSSR count). The molecule has 0 bridgehead atoms. The van der Waals surface area contributed by atoms with E-state index in [1.54, 1.807) is 0 Å². The summed E-state index contributed by atoms with van der Waals surface area (Å²) < 4.78 is 177. The molecule has 0 radical (unpaired) electrons. The summed E-state index contributed by atoms with van der Waals surface area (Å²) in [5.74, 6) is -6.36. The summed E-state index contributed by atoms with van der Waals surface area (Å²) in [6.07, 6.45) is 0. The van der Waals surface area contributed by atoms with E-state index in [0.717, 1.165) is 66.7 Å². The van der Waals surface area contributed by atoms with Crippen molar-refractivity contribution in [2.24, 2.45) is 40.9 Å². The van der Waals surface area contributed by atoms with Gasteiger partial charge in [-0.2, -0.15) is 57.4 Å². The van der Waals surface area contributed by atoms with Crippen LogP contribution in [0.25, 0.3) is 43.1 Å². The van der Waals surface area contributed by atoms with Crippen molar-refractivity contribution in [1.82, 2.24) is 0 Å². The van der Waals surface area contributed by atoms with Crippen molar-refractivity contribution in [1.29, 1.82) is 0 Å². The Morgan fingerprint density at radius 1 is 0.357 bits per heavy atom. The van der Waals surface area contributed by atoms with Crippen molar-refractivity contribution in [2.75, 3.05) is 5.73 Å². The molecular formula is C48H31N9O22S5. The molecule has 84 heavy (non-hydrogen) atoms. The monoisotopic (exact) mass is 1250 g/mol. The number of azo groups is 4. The fourth-order valence-electron chi connectivity index (χ4n) is 8.39.